The smallest absolute Gasteiger partial charge is 0.122 e. The zero-order chi connectivity index (χ0) is 13.8. The summed E-state index contributed by atoms with van der Waals surface area (Å²) in [4.78, 5) is 0. The van der Waals surface area contributed by atoms with Crippen LogP contribution in [0.2, 0.25) is 5.02 Å². The fourth-order valence-electron chi connectivity index (χ4n) is 2.07. The lowest BCUT2D eigenvalue weighted by Crippen LogP contribution is -2.10. The molecule has 2 aromatic rings. The highest BCUT2D eigenvalue weighted by molar-refractivity contribution is 6.31. The van der Waals surface area contributed by atoms with E-state index in [1.165, 1.54) is 0 Å². The molecule has 0 amide bonds. The van der Waals surface area contributed by atoms with E-state index in [4.69, 9.17) is 16.3 Å². The van der Waals surface area contributed by atoms with Crippen molar-refractivity contribution in [3.8, 4) is 0 Å². The number of hydrogen-bond acceptors (Lipinski definition) is 3. The van der Waals surface area contributed by atoms with Crippen molar-refractivity contribution in [2.45, 2.75) is 26.2 Å². The molecule has 0 aliphatic rings. The number of ether oxygens (including phenoxy) is 1. The van der Waals surface area contributed by atoms with Crippen molar-refractivity contribution in [2.75, 3.05) is 7.11 Å². The third kappa shape index (κ3) is 2.97. The molecule has 0 aliphatic heterocycles. The zero-order valence-corrected chi connectivity index (χ0v) is 11.8. The molecule has 0 spiro atoms. The van der Waals surface area contributed by atoms with Gasteiger partial charge in [0.25, 0.3) is 0 Å². The first-order valence-electron chi connectivity index (χ1n) is 6.14. The number of methoxy groups -OCH3 is 1. The molecule has 19 heavy (non-hydrogen) atoms. The molecule has 0 bridgehead atoms. The van der Waals surface area contributed by atoms with E-state index >= 15 is 0 Å². The number of aliphatic hydroxyl groups is 1. The van der Waals surface area contributed by atoms with Crippen LogP contribution in [0.15, 0.2) is 30.5 Å². The molecule has 0 saturated carbocycles. The molecule has 102 valence electrons. The normalized spacial score (nSPS) is 12.6. The average molecular weight is 281 g/mol. The van der Waals surface area contributed by atoms with Gasteiger partial charge in [0, 0.05) is 13.7 Å². The quantitative estimate of drug-likeness (QED) is 0.916. The molecule has 1 heterocycles. The molecule has 5 heteroatoms. The first-order chi connectivity index (χ1) is 9.17. The van der Waals surface area contributed by atoms with E-state index in [0.29, 0.717) is 23.9 Å². The van der Waals surface area contributed by atoms with Gasteiger partial charge in [-0.15, -0.1) is 0 Å². The first-order valence-corrected chi connectivity index (χ1v) is 6.52. The molecule has 4 nitrogen and oxygen atoms in total. The molecule has 0 radical (unpaired) electrons. The lowest BCUT2D eigenvalue weighted by Gasteiger charge is -2.14. The standard InChI is InChI=1S/C14H17ClN2O2/c1-3-17-13(12(15)8-16-17)14(18)11-6-4-5-10(7-11)9-19-2/h4-8,14,18H,3,9H2,1-2H3. The molecule has 1 aromatic carbocycles. The number of aliphatic hydroxyl groups excluding tert-OH is 1. The Hall–Kier alpha value is -1.36. The first kappa shape index (κ1) is 14.1. The van der Waals surface area contributed by atoms with Gasteiger partial charge in [0.1, 0.15) is 6.10 Å². The van der Waals surface area contributed by atoms with Crippen LogP contribution in [0.1, 0.15) is 29.8 Å². The minimum absolute atomic E-state index is 0.478. The zero-order valence-electron chi connectivity index (χ0n) is 11.0. The van der Waals surface area contributed by atoms with Gasteiger partial charge >= 0.3 is 0 Å². The largest absolute Gasteiger partial charge is 0.382 e. The van der Waals surface area contributed by atoms with E-state index in [-0.39, 0.29) is 0 Å². The van der Waals surface area contributed by atoms with Gasteiger partial charge < -0.3 is 9.84 Å². The molecule has 0 aliphatic carbocycles. The van der Waals surface area contributed by atoms with E-state index in [1.807, 2.05) is 31.2 Å². The van der Waals surface area contributed by atoms with E-state index in [1.54, 1.807) is 18.0 Å². The summed E-state index contributed by atoms with van der Waals surface area (Å²) in [5.41, 5.74) is 2.42. The van der Waals surface area contributed by atoms with Crippen molar-refractivity contribution in [1.82, 2.24) is 9.78 Å². The van der Waals surface area contributed by atoms with Crippen LogP contribution in [0, 0.1) is 0 Å². The van der Waals surface area contributed by atoms with Crippen molar-refractivity contribution >= 4 is 11.6 Å². The lowest BCUT2D eigenvalue weighted by molar-refractivity contribution is 0.183. The van der Waals surface area contributed by atoms with Crippen LogP contribution >= 0.6 is 11.6 Å². The topological polar surface area (TPSA) is 47.3 Å². The third-order valence-electron chi connectivity index (χ3n) is 2.97. The Bertz CT molecular complexity index is 554. The Kier molecular flexibility index (Phi) is 4.58. The number of aryl methyl sites for hydroxylation is 1. The van der Waals surface area contributed by atoms with E-state index in [0.717, 1.165) is 11.1 Å². The molecule has 1 atom stereocenters. The van der Waals surface area contributed by atoms with Gasteiger partial charge in [0.05, 0.1) is 23.5 Å². The van der Waals surface area contributed by atoms with Gasteiger partial charge in [-0.05, 0) is 18.1 Å². The van der Waals surface area contributed by atoms with Crippen molar-refractivity contribution in [3.05, 3.63) is 52.3 Å². The van der Waals surface area contributed by atoms with Gasteiger partial charge in [-0.1, -0.05) is 35.9 Å². The Labute approximate surface area is 117 Å². The Balaban J connectivity index is 2.35. The highest BCUT2D eigenvalue weighted by atomic mass is 35.5. The summed E-state index contributed by atoms with van der Waals surface area (Å²) in [6.07, 6.45) is 0.773. The summed E-state index contributed by atoms with van der Waals surface area (Å²) in [7, 11) is 1.64. The van der Waals surface area contributed by atoms with Crippen molar-refractivity contribution < 1.29 is 9.84 Å². The van der Waals surface area contributed by atoms with Crippen LogP contribution in [-0.2, 0) is 17.9 Å². The summed E-state index contributed by atoms with van der Waals surface area (Å²) >= 11 is 6.10. The van der Waals surface area contributed by atoms with Gasteiger partial charge in [0.2, 0.25) is 0 Å². The summed E-state index contributed by atoms with van der Waals surface area (Å²) < 4.78 is 6.80. The second kappa shape index (κ2) is 6.19. The Morgan fingerprint density at radius 2 is 2.26 bits per heavy atom. The van der Waals surface area contributed by atoms with E-state index < -0.39 is 6.10 Å². The van der Waals surface area contributed by atoms with Crippen LogP contribution in [-0.4, -0.2) is 22.0 Å². The van der Waals surface area contributed by atoms with Gasteiger partial charge in [0.15, 0.2) is 0 Å². The third-order valence-corrected chi connectivity index (χ3v) is 3.26. The van der Waals surface area contributed by atoms with Crippen LogP contribution < -0.4 is 0 Å². The predicted molar refractivity (Wildman–Crippen MR) is 74.1 cm³/mol. The van der Waals surface area contributed by atoms with Gasteiger partial charge in [-0.25, -0.2) is 0 Å². The average Bonchev–Trinajstić information content (AvgIpc) is 2.80. The number of aromatic nitrogens is 2. The SMILES string of the molecule is CCn1ncc(Cl)c1C(O)c1cccc(COC)c1. The van der Waals surface area contributed by atoms with E-state index in [9.17, 15) is 5.11 Å². The second-order valence-corrected chi connectivity index (χ2v) is 4.68. The number of hydrogen-bond donors (Lipinski definition) is 1. The predicted octanol–water partition coefficient (Wildman–Crippen LogP) is 2.78. The summed E-state index contributed by atoms with van der Waals surface area (Å²) in [6, 6.07) is 7.64. The number of halogens is 1. The molecule has 1 N–H and O–H groups in total. The number of benzene rings is 1. The minimum Gasteiger partial charge on any atom is -0.382 e. The maximum atomic E-state index is 10.5. The highest BCUT2D eigenvalue weighted by Crippen LogP contribution is 2.28. The lowest BCUT2D eigenvalue weighted by atomic mass is 10.0. The summed E-state index contributed by atoms with van der Waals surface area (Å²) in [5.74, 6) is 0. The summed E-state index contributed by atoms with van der Waals surface area (Å²) in [5, 5.41) is 15.1. The second-order valence-electron chi connectivity index (χ2n) is 4.27. The molecule has 0 saturated heterocycles. The molecule has 0 fully saturated rings. The van der Waals surface area contributed by atoms with Crippen LogP contribution in [0.5, 0.6) is 0 Å². The van der Waals surface area contributed by atoms with Crippen LogP contribution in [0.25, 0.3) is 0 Å². The molecular formula is C14H17ClN2O2. The van der Waals surface area contributed by atoms with Crippen molar-refractivity contribution in [3.63, 3.8) is 0 Å². The highest BCUT2D eigenvalue weighted by Gasteiger charge is 2.19. The van der Waals surface area contributed by atoms with Gasteiger partial charge in [-0.2, -0.15) is 5.10 Å². The fraction of sp³-hybridized carbons (Fsp3) is 0.357. The Morgan fingerprint density at radius 3 is 2.95 bits per heavy atom. The minimum atomic E-state index is -0.785. The Morgan fingerprint density at radius 1 is 1.47 bits per heavy atom. The van der Waals surface area contributed by atoms with Gasteiger partial charge in [-0.3, -0.25) is 4.68 Å². The van der Waals surface area contributed by atoms with Crippen LogP contribution in [0.4, 0.5) is 0 Å². The maximum Gasteiger partial charge on any atom is 0.122 e. The van der Waals surface area contributed by atoms with Crippen molar-refractivity contribution in [2.24, 2.45) is 0 Å². The van der Waals surface area contributed by atoms with E-state index in [2.05, 4.69) is 5.10 Å². The fourth-order valence-corrected chi connectivity index (χ4v) is 2.32. The molecular weight excluding hydrogens is 264 g/mol. The molecule has 1 aromatic heterocycles. The number of rotatable bonds is 5. The summed E-state index contributed by atoms with van der Waals surface area (Å²) in [6.45, 7) is 3.14. The monoisotopic (exact) mass is 280 g/mol. The number of nitrogens with zero attached hydrogens (tertiary/aromatic N) is 2. The maximum absolute atomic E-state index is 10.5. The molecule has 1 unspecified atom stereocenters. The molecule has 2 rings (SSSR count). The van der Waals surface area contributed by atoms with Crippen LogP contribution in [0.3, 0.4) is 0 Å². The van der Waals surface area contributed by atoms with Crippen molar-refractivity contribution in [1.29, 1.82) is 0 Å².